The highest BCUT2D eigenvalue weighted by Gasteiger charge is 2.23. The van der Waals surface area contributed by atoms with E-state index in [1.54, 1.807) is 0 Å². The minimum Gasteiger partial charge on any atom is -0.299 e. The molecule has 1 aliphatic carbocycles. The Morgan fingerprint density at radius 1 is 1.36 bits per heavy atom. The SMILES string of the molecule is CCCCCSCCC1CCCC1=O. The van der Waals surface area contributed by atoms with Gasteiger partial charge in [0.05, 0.1) is 0 Å². The summed E-state index contributed by atoms with van der Waals surface area (Å²) in [5.74, 6) is 3.43. The van der Waals surface area contributed by atoms with E-state index in [-0.39, 0.29) is 0 Å². The second-order valence-corrected chi connectivity index (χ2v) is 5.39. The van der Waals surface area contributed by atoms with Crippen molar-refractivity contribution in [1.82, 2.24) is 0 Å². The molecule has 0 aromatic heterocycles. The first kappa shape index (κ1) is 12.1. The molecule has 1 unspecified atom stereocenters. The Morgan fingerprint density at radius 2 is 2.21 bits per heavy atom. The molecule has 0 amide bonds. The Labute approximate surface area is 92.0 Å². The van der Waals surface area contributed by atoms with Crippen LogP contribution < -0.4 is 0 Å². The molecule has 2 heteroatoms. The van der Waals surface area contributed by atoms with E-state index in [1.807, 2.05) is 11.8 Å². The highest BCUT2D eigenvalue weighted by atomic mass is 32.2. The molecular formula is C12H22OS. The lowest BCUT2D eigenvalue weighted by atomic mass is 10.1. The van der Waals surface area contributed by atoms with Gasteiger partial charge in [-0.15, -0.1) is 0 Å². The molecular weight excluding hydrogens is 192 g/mol. The van der Waals surface area contributed by atoms with Crippen molar-refractivity contribution in [1.29, 1.82) is 0 Å². The zero-order valence-electron chi connectivity index (χ0n) is 9.26. The second-order valence-electron chi connectivity index (χ2n) is 4.16. The fraction of sp³-hybridized carbons (Fsp3) is 0.917. The van der Waals surface area contributed by atoms with E-state index in [0.29, 0.717) is 11.7 Å². The molecule has 0 aromatic rings. The van der Waals surface area contributed by atoms with E-state index in [0.717, 1.165) is 25.7 Å². The van der Waals surface area contributed by atoms with Crippen LogP contribution in [-0.2, 0) is 4.79 Å². The predicted molar refractivity (Wildman–Crippen MR) is 63.8 cm³/mol. The Hall–Kier alpha value is 0.0200. The van der Waals surface area contributed by atoms with Crippen LogP contribution in [0, 0.1) is 5.92 Å². The first-order chi connectivity index (χ1) is 6.84. The summed E-state index contributed by atoms with van der Waals surface area (Å²) in [4.78, 5) is 11.3. The molecule has 0 spiro atoms. The van der Waals surface area contributed by atoms with E-state index < -0.39 is 0 Å². The van der Waals surface area contributed by atoms with Gasteiger partial charge in [-0.05, 0) is 37.2 Å². The van der Waals surface area contributed by atoms with Gasteiger partial charge in [0.2, 0.25) is 0 Å². The van der Waals surface area contributed by atoms with Crippen molar-refractivity contribution in [2.45, 2.75) is 51.9 Å². The maximum Gasteiger partial charge on any atom is 0.136 e. The van der Waals surface area contributed by atoms with Gasteiger partial charge in [-0.1, -0.05) is 19.8 Å². The fourth-order valence-corrected chi connectivity index (χ4v) is 3.04. The summed E-state index contributed by atoms with van der Waals surface area (Å²) in [6, 6.07) is 0. The van der Waals surface area contributed by atoms with Crippen LogP contribution in [0.5, 0.6) is 0 Å². The van der Waals surface area contributed by atoms with Gasteiger partial charge in [0, 0.05) is 12.3 Å². The number of carbonyl (C=O) groups is 1. The molecule has 14 heavy (non-hydrogen) atoms. The minimum atomic E-state index is 0.425. The number of ketones is 1. The summed E-state index contributed by atoms with van der Waals surface area (Å²) in [7, 11) is 0. The molecule has 82 valence electrons. The molecule has 1 nitrogen and oxygen atoms in total. The van der Waals surface area contributed by atoms with Crippen molar-refractivity contribution < 1.29 is 4.79 Å². The number of hydrogen-bond acceptors (Lipinski definition) is 2. The highest BCUT2D eigenvalue weighted by Crippen LogP contribution is 2.25. The molecule has 0 bridgehead atoms. The van der Waals surface area contributed by atoms with Crippen molar-refractivity contribution in [3.05, 3.63) is 0 Å². The molecule has 1 atom stereocenters. The van der Waals surface area contributed by atoms with Crippen LogP contribution in [-0.4, -0.2) is 17.3 Å². The van der Waals surface area contributed by atoms with Crippen molar-refractivity contribution >= 4 is 17.5 Å². The van der Waals surface area contributed by atoms with Crippen LogP contribution in [0.3, 0.4) is 0 Å². The van der Waals surface area contributed by atoms with Crippen molar-refractivity contribution in [3.8, 4) is 0 Å². The van der Waals surface area contributed by atoms with Gasteiger partial charge in [-0.2, -0.15) is 11.8 Å². The van der Waals surface area contributed by atoms with Crippen LogP contribution in [0.1, 0.15) is 51.9 Å². The highest BCUT2D eigenvalue weighted by molar-refractivity contribution is 7.99. The molecule has 0 aromatic carbocycles. The van der Waals surface area contributed by atoms with Crippen LogP contribution in [0.25, 0.3) is 0 Å². The summed E-state index contributed by atoms with van der Waals surface area (Å²) in [6.45, 7) is 2.24. The average molecular weight is 214 g/mol. The number of Topliss-reactive ketones (excluding diaryl/α,β-unsaturated/α-hetero) is 1. The third kappa shape index (κ3) is 4.50. The summed E-state index contributed by atoms with van der Waals surface area (Å²) >= 11 is 2.03. The summed E-state index contributed by atoms with van der Waals surface area (Å²) in [5.41, 5.74) is 0. The van der Waals surface area contributed by atoms with Crippen LogP contribution in [0.4, 0.5) is 0 Å². The lowest BCUT2D eigenvalue weighted by Crippen LogP contribution is -2.07. The summed E-state index contributed by atoms with van der Waals surface area (Å²) in [5, 5.41) is 0. The molecule has 0 saturated heterocycles. The number of unbranched alkanes of at least 4 members (excludes halogenated alkanes) is 2. The Morgan fingerprint density at radius 3 is 2.86 bits per heavy atom. The lowest BCUT2D eigenvalue weighted by molar-refractivity contribution is -0.120. The van der Waals surface area contributed by atoms with Gasteiger partial charge >= 0.3 is 0 Å². The first-order valence-corrected chi connectivity index (χ1v) is 7.10. The van der Waals surface area contributed by atoms with E-state index >= 15 is 0 Å². The van der Waals surface area contributed by atoms with Crippen molar-refractivity contribution in [2.24, 2.45) is 5.92 Å². The minimum absolute atomic E-state index is 0.425. The van der Waals surface area contributed by atoms with Gasteiger partial charge in [-0.3, -0.25) is 4.79 Å². The average Bonchev–Trinajstić information content (AvgIpc) is 2.58. The molecule has 1 rings (SSSR count). The third-order valence-corrected chi connectivity index (χ3v) is 4.04. The zero-order chi connectivity index (χ0) is 10.2. The van der Waals surface area contributed by atoms with Gasteiger partial charge in [0.25, 0.3) is 0 Å². The number of carbonyl (C=O) groups excluding carboxylic acids is 1. The number of hydrogen-bond donors (Lipinski definition) is 0. The number of thioether (sulfide) groups is 1. The molecule has 1 saturated carbocycles. The Kier molecular flexibility index (Phi) is 6.33. The van der Waals surface area contributed by atoms with Gasteiger partial charge in [0.15, 0.2) is 0 Å². The molecule has 0 N–H and O–H groups in total. The van der Waals surface area contributed by atoms with Gasteiger partial charge in [0.1, 0.15) is 5.78 Å². The van der Waals surface area contributed by atoms with Gasteiger partial charge in [-0.25, -0.2) is 0 Å². The molecule has 0 radical (unpaired) electrons. The molecule has 1 aliphatic rings. The first-order valence-electron chi connectivity index (χ1n) is 5.95. The Bertz CT molecular complexity index is 168. The second kappa shape index (κ2) is 7.33. The zero-order valence-corrected chi connectivity index (χ0v) is 10.1. The van der Waals surface area contributed by atoms with E-state index in [1.165, 1.54) is 30.8 Å². The summed E-state index contributed by atoms with van der Waals surface area (Å²) in [6.07, 6.45) is 8.30. The van der Waals surface area contributed by atoms with Crippen LogP contribution in [0.2, 0.25) is 0 Å². The van der Waals surface area contributed by atoms with E-state index in [2.05, 4.69) is 6.92 Å². The lowest BCUT2D eigenvalue weighted by Gasteiger charge is -2.06. The molecule has 1 fully saturated rings. The molecule has 0 aliphatic heterocycles. The Balaban J connectivity index is 1.90. The van der Waals surface area contributed by atoms with Crippen LogP contribution in [0.15, 0.2) is 0 Å². The largest absolute Gasteiger partial charge is 0.299 e. The van der Waals surface area contributed by atoms with E-state index in [4.69, 9.17) is 0 Å². The monoisotopic (exact) mass is 214 g/mol. The maximum absolute atomic E-state index is 11.3. The predicted octanol–water partition coefficient (Wildman–Crippen LogP) is 3.67. The normalized spacial score (nSPS) is 21.8. The molecule has 0 heterocycles. The fourth-order valence-electron chi connectivity index (χ4n) is 1.97. The van der Waals surface area contributed by atoms with Crippen molar-refractivity contribution in [2.75, 3.05) is 11.5 Å². The quantitative estimate of drug-likeness (QED) is 0.601. The smallest absolute Gasteiger partial charge is 0.136 e. The topological polar surface area (TPSA) is 17.1 Å². The number of rotatable bonds is 7. The van der Waals surface area contributed by atoms with Crippen LogP contribution >= 0.6 is 11.8 Å². The maximum atomic E-state index is 11.3. The summed E-state index contributed by atoms with van der Waals surface area (Å²) < 4.78 is 0. The van der Waals surface area contributed by atoms with Crippen molar-refractivity contribution in [3.63, 3.8) is 0 Å². The third-order valence-electron chi connectivity index (χ3n) is 2.93. The standard InChI is InChI=1S/C12H22OS/c1-2-3-4-9-14-10-8-11-6-5-7-12(11)13/h11H,2-10H2,1H3. The van der Waals surface area contributed by atoms with E-state index in [9.17, 15) is 4.79 Å². The van der Waals surface area contributed by atoms with Gasteiger partial charge < -0.3 is 0 Å².